The van der Waals surface area contributed by atoms with E-state index in [9.17, 15) is 9.59 Å². The van der Waals surface area contributed by atoms with Gasteiger partial charge in [0.2, 0.25) is 0 Å². The lowest BCUT2D eigenvalue weighted by molar-refractivity contribution is 0.0609. The number of hydrazine groups is 1. The summed E-state index contributed by atoms with van der Waals surface area (Å²) in [5.41, 5.74) is 1.26. The fraction of sp³-hybridized carbons (Fsp3) is 0.222. The number of hydrogen-bond donors (Lipinski definition) is 0. The average molecular weight is 593 g/mol. The summed E-state index contributed by atoms with van der Waals surface area (Å²) < 4.78 is -1.18. The molecule has 2 saturated heterocycles. The van der Waals surface area contributed by atoms with E-state index in [2.05, 4.69) is 0 Å². The number of halogens is 6. The molecule has 2 unspecified atom stereocenters. The third kappa shape index (κ3) is 4.93. The monoisotopic (exact) mass is 590 g/mol. The van der Waals surface area contributed by atoms with Crippen LogP contribution < -0.4 is 0 Å². The van der Waals surface area contributed by atoms with Crippen LogP contribution in [0.15, 0.2) is 60.7 Å². The van der Waals surface area contributed by atoms with E-state index >= 15 is 0 Å². The number of hydrogen-bond acceptors (Lipinski definition) is 4. The first-order chi connectivity index (χ1) is 15.0. The number of alkyl halides is 6. The van der Waals surface area contributed by atoms with Crippen molar-refractivity contribution in [2.24, 2.45) is 0 Å². The molecule has 0 bridgehead atoms. The first-order valence-corrected chi connectivity index (χ1v) is 12.7. The lowest BCUT2D eigenvalue weighted by atomic mass is 10.2. The van der Waals surface area contributed by atoms with Gasteiger partial charge in [-0.15, -0.1) is 0 Å². The highest BCUT2D eigenvalue weighted by molar-refractivity contribution is 8.03. The number of amides is 4. The van der Waals surface area contributed by atoms with E-state index in [1.165, 1.54) is 18.6 Å². The maximum Gasteiger partial charge on any atom is 0.353 e. The van der Waals surface area contributed by atoms with Gasteiger partial charge in [0, 0.05) is 23.9 Å². The van der Waals surface area contributed by atoms with Gasteiger partial charge in [-0.1, -0.05) is 130 Å². The van der Waals surface area contributed by atoms with Crippen molar-refractivity contribution >= 4 is 106 Å². The molecule has 0 aliphatic carbocycles. The summed E-state index contributed by atoms with van der Waals surface area (Å²) in [6.45, 7) is 0. The minimum absolute atomic E-state index is 0.565. The molecule has 2 aromatic carbocycles. The van der Waals surface area contributed by atoms with E-state index in [1.54, 1.807) is 48.5 Å². The number of carbonyl (C=O) groups excluding carboxylic acids is 2. The quantitative estimate of drug-likeness (QED) is 0.269. The highest BCUT2D eigenvalue weighted by Crippen LogP contribution is 2.56. The Hall–Kier alpha value is -0.580. The van der Waals surface area contributed by atoms with Crippen molar-refractivity contribution in [3.05, 3.63) is 71.8 Å². The average Bonchev–Trinajstić information content (AvgIpc) is 3.13. The Balaban J connectivity index is 1.85. The van der Waals surface area contributed by atoms with Gasteiger partial charge in [0.25, 0.3) is 6.25 Å². The van der Waals surface area contributed by atoms with Crippen molar-refractivity contribution in [2.45, 2.75) is 18.6 Å². The maximum absolute atomic E-state index is 13.6. The van der Waals surface area contributed by atoms with Gasteiger partial charge in [0.15, 0.2) is 12.3 Å². The second kappa shape index (κ2) is 9.23. The lowest BCUT2D eigenvalue weighted by Crippen LogP contribution is -2.36. The topological polar surface area (TPSA) is 47.1 Å². The second-order valence-corrected chi connectivity index (χ2v) is 14.8. The van der Waals surface area contributed by atoms with E-state index in [4.69, 9.17) is 69.6 Å². The molecule has 4 rings (SSSR count). The van der Waals surface area contributed by atoms with Gasteiger partial charge < -0.3 is 0 Å². The Morgan fingerprint density at radius 2 is 0.906 bits per heavy atom. The first kappa shape index (κ1) is 24.5. The van der Waals surface area contributed by atoms with Crippen LogP contribution in [-0.2, 0) is 0 Å². The normalized spacial score (nSPS) is 21.6. The van der Waals surface area contributed by atoms with Crippen molar-refractivity contribution in [1.29, 1.82) is 0 Å². The minimum atomic E-state index is -1.85. The van der Waals surface area contributed by atoms with E-state index < -0.39 is 30.6 Å². The van der Waals surface area contributed by atoms with Crippen LogP contribution in [0.5, 0.6) is 0 Å². The van der Waals surface area contributed by atoms with Gasteiger partial charge in [-0.05, 0) is 11.1 Å². The van der Waals surface area contributed by atoms with Crippen molar-refractivity contribution in [3.63, 3.8) is 0 Å². The third-order valence-corrected chi connectivity index (χ3v) is 7.27. The molecule has 2 atom stereocenters. The Kier molecular flexibility index (Phi) is 7.08. The molecule has 0 spiro atoms. The number of nitrogens with zero attached hydrogens (tertiary/aromatic N) is 4. The molecule has 2 aliphatic rings. The molecule has 0 radical (unpaired) electrons. The molecule has 2 heterocycles. The van der Waals surface area contributed by atoms with Crippen molar-refractivity contribution < 1.29 is 9.59 Å². The van der Waals surface area contributed by atoms with Crippen LogP contribution in [0.1, 0.15) is 23.5 Å². The van der Waals surface area contributed by atoms with Crippen LogP contribution in [0.25, 0.3) is 0 Å². The lowest BCUT2D eigenvalue weighted by Gasteiger charge is -2.30. The van der Waals surface area contributed by atoms with Crippen LogP contribution in [-0.4, -0.2) is 36.9 Å². The van der Waals surface area contributed by atoms with Gasteiger partial charge in [-0.25, -0.2) is 18.2 Å². The molecule has 0 saturated carbocycles. The highest BCUT2D eigenvalue weighted by Gasteiger charge is 2.61. The zero-order valence-electron chi connectivity index (χ0n) is 15.6. The highest BCUT2D eigenvalue weighted by atomic mass is 35.6. The fourth-order valence-corrected chi connectivity index (χ4v) is 6.17. The smallest absolute Gasteiger partial charge is 0.245 e. The summed E-state index contributed by atoms with van der Waals surface area (Å²) in [4.78, 5) is 27.2. The third-order valence-electron chi connectivity index (χ3n) is 4.51. The first-order valence-electron chi connectivity index (χ1n) is 8.84. The van der Waals surface area contributed by atoms with Crippen molar-refractivity contribution in [2.75, 3.05) is 0 Å². The molecular weight excluding hydrogens is 581 g/mol. The predicted molar refractivity (Wildman–Crippen MR) is 132 cm³/mol. The summed E-state index contributed by atoms with van der Waals surface area (Å²) in [5, 5.41) is 2.56. The van der Waals surface area contributed by atoms with Crippen molar-refractivity contribution in [1.82, 2.24) is 18.6 Å². The van der Waals surface area contributed by atoms with E-state index in [-0.39, 0.29) is 0 Å². The zero-order chi connectivity index (χ0) is 23.3. The number of fused-ring (bicyclic) bond motifs is 1. The molecule has 0 aromatic heterocycles. The SMILES string of the molecule is O=C1N(SC(Cl)(Cl)Cl)C(c2ccccc2)N2C(=O)N(SC(Cl)(Cl)Cl)C(c3ccccc3)N12. The molecule has 14 heteroatoms. The Morgan fingerprint density at radius 3 is 1.19 bits per heavy atom. The molecule has 32 heavy (non-hydrogen) atoms. The van der Waals surface area contributed by atoms with E-state index in [0.29, 0.717) is 35.0 Å². The fourth-order valence-electron chi connectivity index (χ4n) is 3.44. The molecule has 2 aliphatic heterocycles. The summed E-state index contributed by atoms with van der Waals surface area (Å²) in [5.74, 6) is 0. The molecule has 170 valence electrons. The number of benzene rings is 2. The van der Waals surface area contributed by atoms with Gasteiger partial charge in [-0.3, -0.25) is 0 Å². The largest absolute Gasteiger partial charge is 0.353 e. The Bertz CT molecular complexity index is 927. The Morgan fingerprint density at radius 1 is 0.594 bits per heavy atom. The summed E-state index contributed by atoms with van der Waals surface area (Å²) in [6, 6.07) is 16.7. The van der Waals surface area contributed by atoms with Gasteiger partial charge in [-0.2, -0.15) is 10.0 Å². The van der Waals surface area contributed by atoms with Gasteiger partial charge in [0.05, 0.1) is 0 Å². The Labute approximate surface area is 222 Å². The molecular formula is C18H12Cl6N4O2S2. The van der Waals surface area contributed by atoms with Crippen LogP contribution in [0.3, 0.4) is 0 Å². The van der Waals surface area contributed by atoms with Gasteiger partial charge >= 0.3 is 12.1 Å². The van der Waals surface area contributed by atoms with Gasteiger partial charge in [0.1, 0.15) is 0 Å². The van der Waals surface area contributed by atoms with Crippen molar-refractivity contribution in [3.8, 4) is 0 Å². The number of carbonyl (C=O) groups is 2. The number of rotatable bonds is 4. The molecule has 4 amide bonds. The predicted octanol–water partition coefficient (Wildman–Crippen LogP) is 7.73. The van der Waals surface area contributed by atoms with E-state index in [0.717, 1.165) is 0 Å². The van der Waals surface area contributed by atoms with Crippen LogP contribution in [0.4, 0.5) is 9.59 Å². The number of urea groups is 2. The summed E-state index contributed by atoms with van der Waals surface area (Å²) in [7, 11) is 0. The van der Waals surface area contributed by atoms with E-state index in [1.807, 2.05) is 12.1 Å². The van der Waals surface area contributed by atoms with Crippen LogP contribution in [0.2, 0.25) is 0 Å². The standard InChI is InChI=1S/C18H12Cl6N4O2S2/c19-17(20,21)31-27-13(11-7-3-1-4-8-11)25-15(29)28(32-18(22,23)24)14(26(25)16(27)30)12-9-5-2-6-10-12/h1-10,13-14H. The maximum atomic E-state index is 13.6. The van der Waals surface area contributed by atoms with Crippen LogP contribution >= 0.6 is 93.5 Å². The molecule has 2 fully saturated rings. The molecule has 6 nitrogen and oxygen atoms in total. The minimum Gasteiger partial charge on any atom is -0.245 e. The zero-order valence-corrected chi connectivity index (χ0v) is 21.8. The van der Waals surface area contributed by atoms with Crippen LogP contribution in [0, 0.1) is 0 Å². The summed E-state index contributed by atoms with van der Waals surface area (Å²) >= 11 is 37.4. The molecule has 2 aromatic rings. The summed E-state index contributed by atoms with van der Waals surface area (Å²) in [6.07, 6.45) is -1.80. The second-order valence-electron chi connectivity index (χ2n) is 6.55. The molecule has 0 N–H and O–H groups in total.